The van der Waals surface area contributed by atoms with Crippen LogP contribution in [0.1, 0.15) is 54.2 Å². The van der Waals surface area contributed by atoms with Gasteiger partial charge in [-0.25, -0.2) is 4.98 Å². The van der Waals surface area contributed by atoms with Gasteiger partial charge >= 0.3 is 0 Å². The minimum absolute atomic E-state index is 0.175. The number of hydrogen-bond acceptors (Lipinski definition) is 5. The number of nitrogens with zero attached hydrogens (tertiary/aromatic N) is 5. The quantitative estimate of drug-likeness (QED) is 0.323. The number of fused-ring (bicyclic) bond motifs is 4. The summed E-state index contributed by atoms with van der Waals surface area (Å²) in [5, 5.41) is 17.7. The lowest BCUT2D eigenvalue weighted by molar-refractivity contribution is 0.253. The van der Waals surface area contributed by atoms with Gasteiger partial charge in [0.15, 0.2) is 5.65 Å². The molecule has 2 aromatic carbocycles. The summed E-state index contributed by atoms with van der Waals surface area (Å²) in [6, 6.07) is 23.4. The molecule has 0 radical (unpaired) electrons. The maximum atomic E-state index is 6.59. The molecule has 1 unspecified atom stereocenters. The van der Waals surface area contributed by atoms with Crippen LogP contribution in [0.15, 0.2) is 79.1 Å². The highest BCUT2D eigenvalue weighted by Crippen LogP contribution is 2.41. The van der Waals surface area contributed by atoms with Crippen molar-refractivity contribution in [2.24, 2.45) is 5.73 Å². The lowest BCUT2D eigenvalue weighted by Gasteiger charge is -2.38. The Morgan fingerprint density at radius 3 is 2.58 bits per heavy atom. The van der Waals surface area contributed by atoms with Crippen molar-refractivity contribution >= 4 is 16.6 Å². The maximum Gasteiger partial charge on any atom is 0.170 e. The van der Waals surface area contributed by atoms with Gasteiger partial charge in [-0.1, -0.05) is 54.6 Å². The van der Waals surface area contributed by atoms with Gasteiger partial charge in [0.1, 0.15) is 5.82 Å². The van der Waals surface area contributed by atoms with Gasteiger partial charge in [0.2, 0.25) is 0 Å². The predicted octanol–water partition coefficient (Wildman–Crippen LogP) is 5.75. The van der Waals surface area contributed by atoms with Crippen LogP contribution < -0.4 is 5.73 Å². The van der Waals surface area contributed by atoms with Crippen molar-refractivity contribution in [3.05, 3.63) is 102 Å². The number of nitrogens with one attached hydrogen (secondary N) is 1. The highest BCUT2D eigenvalue weighted by atomic mass is 15.3. The highest BCUT2D eigenvalue weighted by Gasteiger charge is 2.34. The minimum atomic E-state index is -0.175. The molecular weight excluding hydrogens is 470 g/mol. The van der Waals surface area contributed by atoms with Crippen LogP contribution in [0.2, 0.25) is 0 Å². The Balaban J connectivity index is 1.30. The summed E-state index contributed by atoms with van der Waals surface area (Å²) in [6.07, 6.45) is 9.28. The van der Waals surface area contributed by atoms with E-state index in [2.05, 4.69) is 91.7 Å². The van der Waals surface area contributed by atoms with Crippen LogP contribution in [0, 0.1) is 0 Å². The van der Waals surface area contributed by atoms with E-state index in [0.29, 0.717) is 0 Å². The van der Waals surface area contributed by atoms with Crippen molar-refractivity contribution in [2.45, 2.75) is 43.6 Å². The average Bonchev–Trinajstić information content (AvgIpc) is 3.68. The standard InChI is InChI=1S/C31H27N7/c32-31(14-4-15-31)21-9-7-20(8-10-21)28-23(19-5-2-1-3-6-19)17-24-26(34-28)13-16-38-29(36-37-30(24)38)22-11-12-27-25(22)18-33-35-27/h1-3,5-10,13,16-18,22H,4,11-12,14-15,32H2,(H,33,35). The summed E-state index contributed by atoms with van der Waals surface area (Å²) >= 11 is 0. The molecule has 0 bridgehead atoms. The molecule has 0 aliphatic heterocycles. The molecule has 7 heteroatoms. The van der Waals surface area contributed by atoms with Gasteiger partial charge in [-0.2, -0.15) is 5.10 Å². The molecule has 2 aliphatic carbocycles. The first-order chi connectivity index (χ1) is 18.7. The minimum Gasteiger partial charge on any atom is -0.321 e. The van der Waals surface area contributed by atoms with Crippen LogP contribution in [-0.2, 0) is 12.0 Å². The summed E-state index contributed by atoms with van der Waals surface area (Å²) in [5.41, 5.74) is 16.0. The van der Waals surface area contributed by atoms with Crippen LogP contribution in [0.5, 0.6) is 0 Å². The van der Waals surface area contributed by atoms with Crippen molar-refractivity contribution < 1.29 is 0 Å². The number of rotatable bonds is 4. The zero-order chi connectivity index (χ0) is 25.3. The molecule has 1 saturated carbocycles. The van der Waals surface area contributed by atoms with E-state index in [0.717, 1.165) is 70.4 Å². The molecule has 186 valence electrons. The van der Waals surface area contributed by atoms with Gasteiger partial charge in [-0.3, -0.25) is 9.50 Å². The van der Waals surface area contributed by atoms with Crippen LogP contribution in [0.25, 0.3) is 38.9 Å². The van der Waals surface area contributed by atoms with Gasteiger partial charge in [-0.15, -0.1) is 10.2 Å². The van der Waals surface area contributed by atoms with E-state index >= 15 is 0 Å². The van der Waals surface area contributed by atoms with Crippen LogP contribution in [0.3, 0.4) is 0 Å². The molecule has 1 atom stereocenters. The first-order valence-electron chi connectivity index (χ1n) is 13.3. The fourth-order valence-electron chi connectivity index (χ4n) is 6.25. The van der Waals surface area contributed by atoms with Crippen molar-refractivity contribution in [3.8, 4) is 22.4 Å². The number of aromatic amines is 1. The van der Waals surface area contributed by atoms with Crippen LogP contribution >= 0.6 is 0 Å². The lowest BCUT2D eigenvalue weighted by atomic mass is 9.72. The van der Waals surface area contributed by atoms with Gasteiger partial charge in [0.25, 0.3) is 0 Å². The summed E-state index contributed by atoms with van der Waals surface area (Å²) in [4.78, 5) is 5.21. The Morgan fingerprint density at radius 1 is 0.947 bits per heavy atom. The molecule has 8 rings (SSSR count). The van der Waals surface area contributed by atoms with Crippen molar-refractivity contribution in [2.75, 3.05) is 0 Å². The number of H-pyrrole nitrogens is 1. The molecule has 7 nitrogen and oxygen atoms in total. The Labute approximate surface area is 219 Å². The zero-order valence-corrected chi connectivity index (χ0v) is 20.9. The average molecular weight is 498 g/mol. The lowest BCUT2D eigenvalue weighted by Crippen LogP contribution is -2.43. The summed E-state index contributed by atoms with van der Waals surface area (Å²) in [5.74, 6) is 1.15. The SMILES string of the molecule is NC1(c2ccc(-c3nc4ccn5c(C6CCc7[nH]ncc76)nnc5c4cc3-c3ccccc3)cc2)CCC1. The second-order valence-electron chi connectivity index (χ2n) is 10.7. The number of aryl methyl sites for hydroxylation is 1. The van der Waals surface area contributed by atoms with Gasteiger partial charge in [0, 0.05) is 45.4 Å². The first kappa shape index (κ1) is 21.7. The third-order valence-corrected chi connectivity index (χ3v) is 8.58. The maximum absolute atomic E-state index is 6.59. The third-order valence-electron chi connectivity index (χ3n) is 8.58. The topological polar surface area (TPSA) is 97.8 Å². The van der Waals surface area contributed by atoms with Crippen LogP contribution in [-0.4, -0.2) is 29.8 Å². The molecule has 0 saturated heterocycles. The number of pyridine rings is 2. The summed E-state index contributed by atoms with van der Waals surface area (Å²) in [7, 11) is 0. The molecule has 4 heterocycles. The third kappa shape index (κ3) is 3.18. The number of aromatic nitrogens is 6. The first-order valence-corrected chi connectivity index (χ1v) is 13.3. The largest absolute Gasteiger partial charge is 0.321 e. The Bertz CT molecular complexity index is 1810. The van der Waals surface area contributed by atoms with E-state index in [4.69, 9.17) is 10.7 Å². The molecule has 1 fully saturated rings. The second kappa shape index (κ2) is 8.07. The summed E-state index contributed by atoms with van der Waals surface area (Å²) in [6.45, 7) is 0. The van der Waals surface area contributed by atoms with E-state index in [-0.39, 0.29) is 11.5 Å². The second-order valence-corrected chi connectivity index (χ2v) is 10.7. The van der Waals surface area contributed by atoms with E-state index in [9.17, 15) is 0 Å². The van der Waals surface area contributed by atoms with E-state index in [1.165, 1.54) is 23.2 Å². The monoisotopic (exact) mass is 497 g/mol. The molecule has 3 N–H and O–H groups in total. The van der Waals surface area contributed by atoms with Gasteiger partial charge in [-0.05, 0) is 55.4 Å². The Morgan fingerprint density at radius 2 is 1.79 bits per heavy atom. The normalized spacial score (nSPS) is 18.1. The highest BCUT2D eigenvalue weighted by molar-refractivity contribution is 5.98. The molecule has 0 amide bonds. The predicted molar refractivity (Wildman–Crippen MR) is 148 cm³/mol. The number of benzene rings is 2. The van der Waals surface area contributed by atoms with E-state index in [1.54, 1.807) is 0 Å². The van der Waals surface area contributed by atoms with E-state index in [1.807, 2.05) is 12.3 Å². The zero-order valence-electron chi connectivity index (χ0n) is 20.9. The van der Waals surface area contributed by atoms with E-state index < -0.39 is 0 Å². The Hall–Kier alpha value is -4.36. The Kier molecular flexibility index (Phi) is 4.61. The van der Waals surface area contributed by atoms with Crippen molar-refractivity contribution in [1.29, 1.82) is 0 Å². The van der Waals surface area contributed by atoms with Crippen LogP contribution in [0.4, 0.5) is 0 Å². The molecule has 4 aromatic heterocycles. The fraction of sp³-hybridized carbons (Fsp3) is 0.226. The summed E-state index contributed by atoms with van der Waals surface area (Å²) < 4.78 is 2.12. The van der Waals surface area contributed by atoms with Crippen molar-refractivity contribution in [3.63, 3.8) is 0 Å². The molecule has 38 heavy (non-hydrogen) atoms. The molecule has 0 spiro atoms. The van der Waals surface area contributed by atoms with Gasteiger partial charge in [0.05, 0.1) is 17.4 Å². The fourth-order valence-corrected chi connectivity index (χ4v) is 6.25. The smallest absolute Gasteiger partial charge is 0.170 e. The van der Waals surface area contributed by atoms with Crippen molar-refractivity contribution in [1.82, 2.24) is 29.8 Å². The number of nitrogens with two attached hydrogens (primary N) is 1. The molecule has 2 aliphatic rings. The van der Waals surface area contributed by atoms with Gasteiger partial charge < -0.3 is 5.73 Å². The molecular formula is C31H27N7. The number of hydrogen-bond donors (Lipinski definition) is 2. The molecule has 6 aromatic rings.